The molecule has 0 radical (unpaired) electrons. The van der Waals surface area contributed by atoms with Crippen LogP contribution in [0.3, 0.4) is 0 Å². The molecule has 4 heteroatoms. The van der Waals surface area contributed by atoms with E-state index in [0.717, 1.165) is 0 Å². The first kappa shape index (κ1) is 20.9. The smallest absolute Gasteiger partial charge is 0.0880 e. The molecule has 0 nitrogen and oxygen atoms in total. The highest BCUT2D eigenvalue weighted by atomic mass is 32.2. The molecule has 0 aliphatic rings. The Hall–Kier alpha value is -0.940. The minimum atomic E-state index is 1.26. The van der Waals surface area contributed by atoms with Crippen molar-refractivity contribution in [3.63, 3.8) is 0 Å². The number of unbranched alkanes of at least 4 members (excludes halogenated alkanes) is 6. The zero-order valence-electron chi connectivity index (χ0n) is 18.0. The monoisotopic (exact) mass is 470 g/mol. The fourth-order valence-corrected chi connectivity index (χ4v) is 9.96. The third kappa shape index (κ3) is 3.97. The van der Waals surface area contributed by atoms with Gasteiger partial charge in [-0.2, -0.15) is 0 Å². The lowest BCUT2D eigenvalue weighted by Gasteiger charge is -1.98. The van der Waals surface area contributed by atoms with Gasteiger partial charge in [0.1, 0.15) is 0 Å². The van der Waals surface area contributed by atoms with E-state index in [0.29, 0.717) is 0 Å². The molecular weight excluding hydrogens is 441 g/mol. The van der Waals surface area contributed by atoms with E-state index in [2.05, 4.69) is 38.1 Å². The summed E-state index contributed by atoms with van der Waals surface area (Å²) in [5.41, 5.74) is 0. The molecule has 5 rings (SSSR count). The Morgan fingerprint density at radius 3 is 1.43 bits per heavy atom. The Morgan fingerprint density at radius 2 is 1.00 bits per heavy atom. The van der Waals surface area contributed by atoms with Crippen LogP contribution in [0.1, 0.15) is 75.0 Å². The number of benzene rings is 1. The molecular formula is C26H30S4. The summed E-state index contributed by atoms with van der Waals surface area (Å²) in [4.78, 5) is 3.16. The number of hydrogen-bond acceptors (Lipinski definition) is 4. The Kier molecular flexibility index (Phi) is 6.47. The van der Waals surface area contributed by atoms with Gasteiger partial charge in [-0.05, 0) is 37.8 Å². The van der Waals surface area contributed by atoms with Gasteiger partial charge in [-0.15, -0.1) is 45.3 Å². The van der Waals surface area contributed by atoms with Crippen LogP contribution in [0, 0.1) is 0 Å². The van der Waals surface area contributed by atoms with Crippen molar-refractivity contribution in [2.45, 2.75) is 78.1 Å². The summed E-state index contributed by atoms with van der Waals surface area (Å²) in [6.45, 7) is 4.58. The van der Waals surface area contributed by atoms with Crippen LogP contribution >= 0.6 is 45.3 Å². The van der Waals surface area contributed by atoms with E-state index in [1.807, 2.05) is 45.3 Å². The van der Waals surface area contributed by atoms with Crippen LogP contribution in [0.15, 0.2) is 24.3 Å². The third-order valence-electron chi connectivity index (χ3n) is 6.13. The van der Waals surface area contributed by atoms with Crippen LogP contribution in [-0.4, -0.2) is 0 Å². The van der Waals surface area contributed by atoms with Crippen LogP contribution in [0.5, 0.6) is 0 Å². The first-order chi connectivity index (χ1) is 14.8. The van der Waals surface area contributed by atoms with Crippen molar-refractivity contribution in [1.82, 2.24) is 0 Å². The molecule has 0 N–H and O–H groups in total. The molecule has 0 aliphatic heterocycles. The molecule has 0 saturated carbocycles. The molecule has 30 heavy (non-hydrogen) atoms. The number of aryl methyl sites for hydroxylation is 2. The van der Waals surface area contributed by atoms with E-state index in [9.17, 15) is 0 Å². The molecule has 0 saturated heterocycles. The zero-order valence-corrected chi connectivity index (χ0v) is 21.3. The molecule has 0 bridgehead atoms. The van der Waals surface area contributed by atoms with Crippen molar-refractivity contribution < 1.29 is 0 Å². The average molecular weight is 471 g/mol. The number of thiophene rings is 4. The standard InChI is InChI=1S/C26H30S4/c1-3-5-7-9-11-17-15-21-19-13-14-20-22-16-18(12-10-8-6-4-2)28-26(22)30-24(20)23(19)29-25(21)27-17/h13-16H,3-12H2,1-2H3. The summed E-state index contributed by atoms with van der Waals surface area (Å²) >= 11 is 8.14. The highest BCUT2D eigenvalue weighted by Gasteiger charge is 2.16. The van der Waals surface area contributed by atoms with Gasteiger partial charge in [0.15, 0.2) is 0 Å². The Labute approximate surface area is 195 Å². The summed E-state index contributed by atoms with van der Waals surface area (Å²) in [5.74, 6) is 0. The highest BCUT2D eigenvalue weighted by molar-refractivity contribution is 7.46. The molecule has 0 atom stereocenters. The number of rotatable bonds is 10. The fraction of sp³-hybridized carbons (Fsp3) is 0.462. The van der Waals surface area contributed by atoms with Gasteiger partial charge < -0.3 is 0 Å². The van der Waals surface area contributed by atoms with E-state index < -0.39 is 0 Å². The second-order valence-electron chi connectivity index (χ2n) is 8.47. The molecule has 0 unspecified atom stereocenters. The first-order valence-corrected chi connectivity index (χ1v) is 14.8. The Bertz CT molecular complexity index is 1180. The van der Waals surface area contributed by atoms with Crippen LogP contribution in [-0.2, 0) is 12.8 Å². The van der Waals surface area contributed by atoms with E-state index in [4.69, 9.17) is 0 Å². The summed E-state index contributed by atoms with van der Waals surface area (Å²) in [7, 11) is 0. The van der Waals surface area contributed by atoms with Gasteiger partial charge >= 0.3 is 0 Å². The van der Waals surface area contributed by atoms with Crippen LogP contribution in [0.25, 0.3) is 39.0 Å². The Morgan fingerprint density at radius 1 is 0.533 bits per heavy atom. The average Bonchev–Trinajstić information content (AvgIpc) is 3.47. The maximum Gasteiger partial charge on any atom is 0.0880 e. The maximum absolute atomic E-state index is 2.49. The van der Waals surface area contributed by atoms with E-state index in [1.165, 1.54) is 103 Å². The van der Waals surface area contributed by atoms with Gasteiger partial charge in [0.25, 0.3) is 0 Å². The lowest BCUT2D eigenvalue weighted by molar-refractivity contribution is 0.670. The SMILES string of the molecule is CCCCCCc1cc2c(s1)sc1c2ccc2c3cc(CCCCCC)sc3sc21. The van der Waals surface area contributed by atoms with Gasteiger partial charge in [-0.1, -0.05) is 64.5 Å². The van der Waals surface area contributed by atoms with Crippen molar-refractivity contribution in [2.24, 2.45) is 0 Å². The minimum Gasteiger partial charge on any atom is -0.129 e. The van der Waals surface area contributed by atoms with Crippen molar-refractivity contribution in [3.8, 4) is 0 Å². The van der Waals surface area contributed by atoms with Crippen molar-refractivity contribution >= 4 is 84.3 Å². The molecule has 158 valence electrons. The molecule has 0 amide bonds. The molecule has 5 aromatic rings. The summed E-state index contributed by atoms with van der Waals surface area (Å²) < 4.78 is 6.08. The first-order valence-electron chi connectivity index (χ1n) is 11.6. The minimum absolute atomic E-state index is 1.26. The van der Waals surface area contributed by atoms with Gasteiger partial charge in [0.2, 0.25) is 0 Å². The van der Waals surface area contributed by atoms with Crippen molar-refractivity contribution in [3.05, 3.63) is 34.0 Å². The molecule has 0 spiro atoms. The maximum atomic E-state index is 2.49. The second kappa shape index (κ2) is 9.28. The van der Waals surface area contributed by atoms with Gasteiger partial charge in [0, 0.05) is 31.3 Å². The van der Waals surface area contributed by atoms with E-state index >= 15 is 0 Å². The quantitative estimate of drug-likeness (QED) is 0.178. The zero-order chi connectivity index (χ0) is 20.5. The summed E-state index contributed by atoms with van der Waals surface area (Å²) in [5, 5.41) is 5.96. The molecule has 4 aromatic heterocycles. The van der Waals surface area contributed by atoms with E-state index in [1.54, 1.807) is 9.75 Å². The Balaban J connectivity index is 1.44. The highest BCUT2D eigenvalue weighted by Crippen LogP contribution is 2.48. The molecule has 1 aromatic carbocycles. The lowest BCUT2D eigenvalue weighted by atomic mass is 10.1. The van der Waals surface area contributed by atoms with Gasteiger partial charge in [-0.3, -0.25) is 0 Å². The molecule has 0 aliphatic carbocycles. The van der Waals surface area contributed by atoms with Crippen LogP contribution in [0.2, 0.25) is 0 Å². The van der Waals surface area contributed by atoms with Crippen molar-refractivity contribution in [1.29, 1.82) is 0 Å². The van der Waals surface area contributed by atoms with Crippen molar-refractivity contribution in [2.75, 3.05) is 0 Å². The second-order valence-corrected chi connectivity index (χ2v) is 13.3. The van der Waals surface area contributed by atoms with E-state index in [-0.39, 0.29) is 0 Å². The number of hydrogen-bond donors (Lipinski definition) is 0. The normalized spacial score (nSPS) is 12.3. The predicted molar refractivity (Wildman–Crippen MR) is 144 cm³/mol. The largest absolute Gasteiger partial charge is 0.129 e. The lowest BCUT2D eigenvalue weighted by Crippen LogP contribution is -1.80. The van der Waals surface area contributed by atoms with Gasteiger partial charge in [-0.25, -0.2) is 0 Å². The summed E-state index contributed by atoms with van der Waals surface area (Å²) in [6.07, 6.45) is 13.3. The van der Waals surface area contributed by atoms with Crippen LogP contribution in [0.4, 0.5) is 0 Å². The molecule has 0 fully saturated rings. The van der Waals surface area contributed by atoms with Crippen LogP contribution < -0.4 is 0 Å². The topological polar surface area (TPSA) is 0 Å². The summed E-state index contributed by atoms with van der Waals surface area (Å²) in [6, 6.07) is 9.77. The third-order valence-corrected chi connectivity index (χ3v) is 11.3. The fourth-order valence-electron chi connectivity index (χ4n) is 4.45. The predicted octanol–water partition coefficient (Wildman–Crippen LogP) is 10.8. The molecule has 4 heterocycles. The number of fused-ring (bicyclic) bond motifs is 7. The van der Waals surface area contributed by atoms with Gasteiger partial charge in [0.05, 0.1) is 17.4 Å².